The van der Waals surface area contributed by atoms with Crippen LogP contribution < -0.4 is 5.73 Å². The van der Waals surface area contributed by atoms with E-state index in [4.69, 9.17) is 5.73 Å². The molecule has 1 aliphatic heterocycles. The first-order chi connectivity index (χ1) is 8.18. The number of hydrogen-bond acceptors (Lipinski definition) is 2. The molecule has 1 amide bonds. The Bertz CT molecular complexity index is 587. The van der Waals surface area contributed by atoms with Crippen molar-refractivity contribution in [3.8, 4) is 0 Å². The highest BCUT2D eigenvalue weighted by Gasteiger charge is 2.30. The molecule has 4 heteroatoms. The number of nitrogens with two attached hydrogens (primary N) is 1. The number of halogens is 1. The molecule has 1 heterocycles. The van der Waals surface area contributed by atoms with E-state index in [0.717, 1.165) is 51.8 Å². The number of rotatable bonds is 1. The third-order valence-corrected chi connectivity index (χ3v) is 3.89. The van der Waals surface area contributed by atoms with Gasteiger partial charge in [-0.1, -0.05) is 22.0 Å². The molecule has 0 unspecified atom stereocenters. The maximum absolute atomic E-state index is 11.5. The standard InChI is InChI=1S/C13H11BrN2O/c14-8-4-2-6-10-12(8)11-7(13(15)17)3-1-5-9(11)16-10/h2,4,6H,1,3,5H2,(H2,15,17). The average Bonchev–Trinajstić information content (AvgIpc) is 2.67. The van der Waals surface area contributed by atoms with E-state index in [-0.39, 0.29) is 5.91 Å². The van der Waals surface area contributed by atoms with E-state index >= 15 is 0 Å². The van der Waals surface area contributed by atoms with Crippen LogP contribution in [0, 0.1) is 0 Å². The Morgan fingerprint density at radius 1 is 1.35 bits per heavy atom. The first-order valence-electron chi connectivity index (χ1n) is 5.58. The number of benzene rings is 1. The van der Waals surface area contributed by atoms with E-state index in [0.29, 0.717) is 0 Å². The number of aliphatic imine (C=N–C) groups is 1. The molecule has 0 spiro atoms. The Kier molecular flexibility index (Phi) is 2.40. The third-order valence-electron chi connectivity index (χ3n) is 3.23. The molecule has 0 atom stereocenters. The molecule has 86 valence electrons. The van der Waals surface area contributed by atoms with Crippen molar-refractivity contribution in [2.75, 3.05) is 0 Å². The Labute approximate surface area is 108 Å². The van der Waals surface area contributed by atoms with Crippen molar-refractivity contribution in [3.63, 3.8) is 0 Å². The van der Waals surface area contributed by atoms with Crippen molar-refractivity contribution in [2.24, 2.45) is 10.7 Å². The first kappa shape index (κ1) is 10.7. The van der Waals surface area contributed by atoms with Crippen LogP contribution in [0.4, 0.5) is 5.69 Å². The molecule has 0 bridgehead atoms. The van der Waals surface area contributed by atoms with Crippen molar-refractivity contribution < 1.29 is 4.79 Å². The number of nitrogens with zero attached hydrogens (tertiary/aromatic N) is 1. The molecule has 3 rings (SSSR count). The Balaban J connectivity index is 2.31. The zero-order valence-corrected chi connectivity index (χ0v) is 10.8. The Morgan fingerprint density at radius 3 is 2.94 bits per heavy atom. The van der Waals surface area contributed by atoms with Crippen LogP contribution in [0.2, 0.25) is 0 Å². The normalized spacial score (nSPS) is 17.6. The predicted molar refractivity (Wildman–Crippen MR) is 71.2 cm³/mol. The quantitative estimate of drug-likeness (QED) is 0.849. The fourth-order valence-corrected chi connectivity index (χ4v) is 3.06. The van der Waals surface area contributed by atoms with Crippen LogP contribution in [0.5, 0.6) is 0 Å². The molecule has 1 aliphatic carbocycles. The second kappa shape index (κ2) is 3.81. The van der Waals surface area contributed by atoms with E-state index in [2.05, 4.69) is 20.9 Å². The van der Waals surface area contributed by atoms with Gasteiger partial charge < -0.3 is 5.73 Å². The average molecular weight is 291 g/mol. The summed E-state index contributed by atoms with van der Waals surface area (Å²) in [6.07, 6.45) is 2.63. The van der Waals surface area contributed by atoms with Gasteiger partial charge in [-0.3, -0.25) is 9.79 Å². The molecule has 3 nitrogen and oxygen atoms in total. The lowest BCUT2D eigenvalue weighted by atomic mass is 9.87. The van der Waals surface area contributed by atoms with Crippen molar-refractivity contribution in [1.29, 1.82) is 0 Å². The van der Waals surface area contributed by atoms with E-state index in [9.17, 15) is 4.79 Å². The zero-order valence-electron chi connectivity index (χ0n) is 9.16. The van der Waals surface area contributed by atoms with Gasteiger partial charge in [0.25, 0.3) is 0 Å². The second-order valence-corrected chi connectivity index (χ2v) is 5.12. The molecule has 1 aromatic carbocycles. The van der Waals surface area contributed by atoms with Gasteiger partial charge in [-0.15, -0.1) is 0 Å². The number of hydrogen-bond donors (Lipinski definition) is 1. The summed E-state index contributed by atoms with van der Waals surface area (Å²) in [5.74, 6) is -0.323. The largest absolute Gasteiger partial charge is 0.366 e. The van der Waals surface area contributed by atoms with E-state index in [1.54, 1.807) is 0 Å². The molecule has 17 heavy (non-hydrogen) atoms. The van der Waals surface area contributed by atoms with Gasteiger partial charge >= 0.3 is 0 Å². The van der Waals surface area contributed by atoms with Gasteiger partial charge in [0.2, 0.25) is 5.91 Å². The van der Waals surface area contributed by atoms with E-state index in [1.165, 1.54) is 0 Å². The minimum Gasteiger partial charge on any atom is -0.366 e. The molecule has 0 fully saturated rings. The molecule has 2 N–H and O–H groups in total. The molecule has 1 aromatic rings. The summed E-state index contributed by atoms with van der Waals surface area (Å²) in [5.41, 5.74) is 10.1. The molecule has 2 aliphatic rings. The summed E-state index contributed by atoms with van der Waals surface area (Å²) in [4.78, 5) is 16.1. The summed E-state index contributed by atoms with van der Waals surface area (Å²) < 4.78 is 0.976. The second-order valence-electron chi connectivity index (χ2n) is 4.26. The van der Waals surface area contributed by atoms with E-state index in [1.807, 2.05) is 18.2 Å². The summed E-state index contributed by atoms with van der Waals surface area (Å²) >= 11 is 3.53. The van der Waals surface area contributed by atoms with Gasteiger partial charge in [0, 0.05) is 26.9 Å². The lowest BCUT2D eigenvalue weighted by Crippen LogP contribution is -2.20. The van der Waals surface area contributed by atoms with Gasteiger partial charge in [-0.2, -0.15) is 0 Å². The fraction of sp³-hybridized carbons (Fsp3) is 0.231. The molecule has 0 saturated carbocycles. The predicted octanol–water partition coefficient (Wildman–Crippen LogP) is 2.96. The van der Waals surface area contributed by atoms with Crippen LogP contribution >= 0.6 is 15.9 Å². The maximum atomic E-state index is 11.5. The van der Waals surface area contributed by atoms with Crippen LogP contribution in [-0.4, -0.2) is 11.6 Å². The number of carbonyl (C=O) groups excluding carboxylic acids is 1. The number of amides is 1. The lowest BCUT2D eigenvalue weighted by molar-refractivity contribution is -0.114. The topological polar surface area (TPSA) is 55.5 Å². The van der Waals surface area contributed by atoms with Gasteiger partial charge in [0.05, 0.1) is 5.69 Å². The highest BCUT2D eigenvalue weighted by molar-refractivity contribution is 9.10. The minimum atomic E-state index is -0.323. The molecule has 0 aromatic heterocycles. The number of allylic oxidation sites excluding steroid dienone is 1. The van der Waals surface area contributed by atoms with Gasteiger partial charge in [-0.25, -0.2) is 0 Å². The van der Waals surface area contributed by atoms with Gasteiger partial charge in [0.15, 0.2) is 0 Å². The SMILES string of the molecule is NC(=O)C1=C2C(=Nc3cccc(Br)c32)CCC1. The van der Waals surface area contributed by atoms with Crippen LogP contribution in [-0.2, 0) is 4.79 Å². The highest BCUT2D eigenvalue weighted by atomic mass is 79.9. The number of primary amides is 1. The van der Waals surface area contributed by atoms with Crippen LogP contribution in [0.15, 0.2) is 33.2 Å². The van der Waals surface area contributed by atoms with Crippen LogP contribution in [0.3, 0.4) is 0 Å². The molecular weight excluding hydrogens is 280 g/mol. The summed E-state index contributed by atoms with van der Waals surface area (Å²) in [6.45, 7) is 0. The minimum absolute atomic E-state index is 0.323. The van der Waals surface area contributed by atoms with Gasteiger partial charge in [0.1, 0.15) is 0 Å². The molecule has 0 saturated heterocycles. The molecular formula is C13H11BrN2O. The number of fused-ring (bicyclic) bond motifs is 3. The molecule has 0 radical (unpaired) electrons. The van der Waals surface area contributed by atoms with Crippen molar-refractivity contribution >= 4 is 38.8 Å². The number of carbonyl (C=O) groups is 1. The fourth-order valence-electron chi connectivity index (χ4n) is 2.51. The first-order valence-corrected chi connectivity index (χ1v) is 6.37. The van der Waals surface area contributed by atoms with Crippen molar-refractivity contribution in [3.05, 3.63) is 33.8 Å². The van der Waals surface area contributed by atoms with Crippen molar-refractivity contribution in [2.45, 2.75) is 19.3 Å². The van der Waals surface area contributed by atoms with Gasteiger partial charge in [-0.05, 0) is 31.4 Å². The summed E-state index contributed by atoms with van der Waals surface area (Å²) in [6, 6.07) is 5.89. The zero-order chi connectivity index (χ0) is 12.0. The lowest BCUT2D eigenvalue weighted by Gasteiger charge is -2.17. The monoisotopic (exact) mass is 290 g/mol. The Morgan fingerprint density at radius 2 is 2.18 bits per heavy atom. The van der Waals surface area contributed by atoms with Crippen LogP contribution in [0.25, 0.3) is 5.57 Å². The summed E-state index contributed by atoms with van der Waals surface area (Å²) in [5, 5.41) is 0. The Hall–Kier alpha value is -1.42. The maximum Gasteiger partial charge on any atom is 0.245 e. The smallest absolute Gasteiger partial charge is 0.245 e. The van der Waals surface area contributed by atoms with Crippen molar-refractivity contribution in [1.82, 2.24) is 0 Å². The van der Waals surface area contributed by atoms with E-state index < -0.39 is 0 Å². The summed E-state index contributed by atoms with van der Waals surface area (Å²) in [7, 11) is 0. The van der Waals surface area contributed by atoms with Crippen LogP contribution in [0.1, 0.15) is 24.8 Å². The highest BCUT2D eigenvalue weighted by Crippen LogP contribution is 2.44. The third kappa shape index (κ3) is 1.55.